The number of nitrogen functional groups attached to an aromatic ring is 1. The molecule has 4 heteroatoms. The predicted molar refractivity (Wildman–Crippen MR) is 74.0 cm³/mol. The Morgan fingerprint density at radius 2 is 1.89 bits per heavy atom. The van der Waals surface area contributed by atoms with Gasteiger partial charge in [0, 0.05) is 10.6 Å². The summed E-state index contributed by atoms with van der Waals surface area (Å²) >= 11 is 0. The van der Waals surface area contributed by atoms with Gasteiger partial charge in [-0.15, -0.1) is 0 Å². The van der Waals surface area contributed by atoms with Crippen molar-refractivity contribution in [3.05, 3.63) is 54.1 Å². The summed E-state index contributed by atoms with van der Waals surface area (Å²) in [6.07, 6.45) is 0. The fourth-order valence-electron chi connectivity index (χ4n) is 1.61. The lowest BCUT2D eigenvalue weighted by Crippen LogP contribution is -1.97. The molecule has 1 unspecified atom stereocenters. The van der Waals surface area contributed by atoms with Crippen molar-refractivity contribution in [3.8, 4) is 5.75 Å². The van der Waals surface area contributed by atoms with Crippen LogP contribution >= 0.6 is 0 Å². The molecule has 2 N–H and O–H groups in total. The number of hydrogen-bond donors (Lipinski definition) is 1. The molecule has 0 heterocycles. The maximum atomic E-state index is 12.1. The second-order valence-corrected chi connectivity index (χ2v) is 5.36. The van der Waals surface area contributed by atoms with Crippen LogP contribution in [0.1, 0.15) is 5.56 Å². The van der Waals surface area contributed by atoms with Gasteiger partial charge in [0.1, 0.15) is 5.75 Å². The van der Waals surface area contributed by atoms with E-state index in [1.54, 1.807) is 19.2 Å². The third kappa shape index (κ3) is 3.11. The molecule has 0 aliphatic rings. The van der Waals surface area contributed by atoms with Gasteiger partial charge >= 0.3 is 0 Å². The van der Waals surface area contributed by atoms with Gasteiger partial charge in [-0.3, -0.25) is 4.21 Å². The maximum Gasteiger partial charge on any atom is 0.118 e. The summed E-state index contributed by atoms with van der Waals surface area (Å²) < 4.78 is 17.2. The van der Waals surface area contributed by atoms with E-state index in [-0.39, 0.29) is 0 Å². The van der Waals surface area contributed by atoms with Gasteiger partial charge < -0.3 is 10.5 Å². The van der Waals surface area contributed by atoms with Crippen LogP contribution in [0.3, 0.4) is 0 Å². The zero-order chi connectivity index (χ0) is 13.0. The molecule has 0 fully saturated rings. The zero-order valence-electron chi connectivity index (χ0n) is 10.1. The van der Waals surface area contributed by atoms with Gasteiger partial charge in [0.05, 0.1) is 23.7 Å². The molecule has 0 radical (unpaired) electrons. The Morgan fingerprint density at radius 1 is 1.17 bits per heavy atom. The Balaban J connectivity index is 2.11. The predicted octanol–water partition coefficient (Wildman–Crippen LogP) is 2.59. The maximum absolute atomic E-state index is 12.1. The van der Waals surface area contributed by atoms with E-state index in [2.05, 4.69) is 0 Å². The molecule has 0 aliphatic heterocycles. The van der Waals surface area contributed by atoms with Gasteiger partial charge in [-0.25, -0.2) is 0 Å². The average Bonchev–Trinajstić information content (AvgIpc) is 2.39. The van der Waals surface area contributed by atoms with E-state index in [0.29, 0.717) is 11.4 Å². The van der Waals surface area contributed by atoms with E-state index in [9.17, 15) is 4.21 Å². The average molecular weight is 261 g/mol. The minimum Gasteiger partial charge on any atom is -0.497 e. The van der Waals surface area contributed by atoms with Gasteiger partial charge in [0.2, 0.25) is 0 Å². The summed E-state index contributed by atoms with van der Waals surface area (Å²) in [4.78, 5) is 0.755. The molecule has 18 heavy (non-hydrogen) atoms. The molecular weight excluding hydrogens is 246 g/mol. The van der Waals surface area contributed by atoms with Crippen molar-refractivity contribution in [2.75, 3.05) is 12.8 Å². The Bertz CT molecular complexity index is 552. The van der Waals surface area contributed by atoms with Crippen LogP contribution in [0.25, 0.3) is 0 Å². The molecule has 0 amide bonds. The summed E-state index contributed by atoms with van der Waals surface area (Å²) in [5.41, 5.74) is 7.32. The van der Waals surface area contributed by atoms with Crippen LogP contribution in [0.15, 0.2) is 53.4 Å². The summed E-state index contributed by atoms with van der Waals surface area (Å²) in [5.74, 6) is 1.28. The van der Waals surface area contributed by atoms with Crippen molar-refractivity contribution >= 4 is 16.5 Å². The summed E-state index contributed by atoms with van der Waals surface area (Å²) in [6, 6.07) is 14.8. The first-order chi connectivity index (χ1) is 8.69. The quantitative estimate of drug-likeness (QED) is 0.861. The molecule has 0 aliphatic carbocycles. The highest BCUT2D eigenvalue weighted by molar-refractivity contribution is 7.84. The second kappa shape index (κ2) is 5.69. The molecule has 1 atom stereocenters. The van der Waals surface area contributed by atoms with Crippen molar-refractivity contribution in [1.82, 2.24) is 0 Å². The van der Waals surface area contributed by atoms with Crippen LogP contribution < -0.4 is 10.5 Å². The van der Waals surface area contributed by atoms with Crippen molar-refractivity contribution < 1.29 is 8.95 Å². The van der Waals surface area contributed by atoms with E-state index >= 15 is 0 Å². The lowest BCUT2D eigenvalue weighted by Gasteiger charge is -2.05. The molecule has 2 rings (SSSR count). The third-order valence-electron chi connectivity index (χ3n) is 2.58. The van der Waals surface area contributed by atoms with Crippen molar-refractivity contribution in [2.24, 2.45) is 0 Å². The lowest BCUT2D eigenvalue weighted by atomic mass is 10.2. The smallest absolute Gasteiger partial charge is 0.118 e. The molecule has 0 spiro atoms. The first kappa shape index (κ1) is 12.6. The van der Waals surface area contributed by atoms with E-state index in [1.165, 1.54) is 0 Å². The molecule has 0 aromatic heterocycles. The molecule has 3 nitrogen and oxygen atoms in total. The monoisotopic (exact) mass is 261 g/mol. The number of methoxy groups -OCH3 is 1. The minimum atomic E-state index is -1.07. The van der Waals surface area contributed by atoms with Gasteiger partial charge in [0.15, 0.2) is 0 Å². The number of anilines is 1. The number of rotatable bonds is 4. The minimum absolute atomic E-state index is 0.480. The standard InChI is InChI=1S/C14H15NO2S/c1-17-13-7-5-11(6-8-13)10-18(16)14-4-2-3-12(15)9-14/h2-9H,10,15H2,1H3. The highest BCUT2D eigenvalue weighted by Gasteiger charge is 2.05. The number of nitrogens with two attached hydrogens (primary N) is 1. The molecular formula is C14H15NO2S. The SMILES string of the molecule is COc1ccc(CS(=O)c2cccc(N)c2)cc1. The topological polar surface area (TPSA) is 52.3 Å². The molecule has 0 bridgehead atoms. The van der Waals surface area contributed by atoms with E-state index in [4.69, 9.17) is 10.5 Å². The van der Waals surface area contributed by atoms with Gasteiger partial charge in [0.25, 0.3) is 0 Å². The van der Waals surface area contributed by atoms with Gasteiger partial charge in [-0.2, -0.15) is 0 Å². The van der Waals surface area contributed by atoms with Crippen LogP contribution in [0, 0.1) is 0 Å². The number of ether oxygens (including phenoxy) is 1. The van der Waals surface area contributed by atoms with E-state index in [1.807, 2.05) is 36.4 Å². The summed E-state index contributed by atoms with van der Waals surface area (Å²) in [6.45, 7) is 0. The fraction of sp³-hybridized carbons (Fsp3) is 0.143. The van der Waals surface area contributed by atoms with E-state index in [0.717, 1.165) is 16.2 Å². The van der Waals surface area contributed by atoms with Crippen LogP contribution in [0.4, 0.5) is 5.69 Å². The van der Waals surface area contributed by atoms with Crippen LogP contribution in [-0.4, -0.2) is 11.3 Å². The van der Waals surface area contributed by atoms with Gasteiger partial charge in [-0.1, -0.05) is 18.2 Å². The first-order valence-corrected chi connectivity index (χ1v) is 6.88. The number of benzene rings is 2. The Kier molecular flexibility index (Phi) is 3.99. The van der Waals surface area contributed by atoms with E-state index < -0.39 is 10.8 Å². The third-order valence-corrected chi connectivity index (χ3v) is 3.95. The Labute approximate surface area is 109 Å². The molecule has 2 aromatic rings. The van der Waals surface area contributed by atoms with Crippen LogP contribution in [0.2, 0.25) is 0 Å². The molecule has 0 saturated carbocycles. The second-order valence-electron chi connectivity index (χ2n) is 3.91. The molecule has 94 valence electrons. The van der Waals surface area contributed by atoms with Crippen molar-refractivity contribution in [1.29, 1.82) is 0 Å². The summed E-state index contributed by atoms with van der Waals surface area (Å²) in [5, 5.41) is 0. The van der Waals surface area contributed by atoms with Crippen molar-refractivity contribution in [2.45, 2.75) is 10.6 Å². The normalized spacial score (nSPS) is 12.1. The highest BCUT2D eigenvalue weighted by atomic mass is 32.2. The molecule has 0 saturated heterocycles. The van der Waals surface area contributed by atoms with Crippen LogP contribution in [0.5, 0.6) is 5.75 Å². The Morgan fingerprint density at radius 3 is 2.50 bits per heavy atom. The van der Waals surface area contributed by atoms with Gasteiger partial charge in [-0.05, 0) is 35.9 Å². The molecule has 2 aromatic carbocycles. The largest absolute Gasteiger partial charge is 0.497 e. The number of hydrogen-bond acceptors (Lipinski definition) is 3. The Hall–Kier alpha value is -1.81. The zero-order valence-corrected chi connectivity index (χ0v) is 10.9. The lowest BCUT2D eigenvalue weighted by molar-refractivity contribution is 0.414. The van der Waals surface area contributed by atoms with Crippen LogP contribution in [-0.2, 0) is 16.6 Å². The highest BCUT2D eigenvalue weighted by Crippen LogP contribution is 2.17. The summed E-state index contributed by atoms with van der Waals surface area (Å²) in [7, 11) is 0.551. The van der Waals surface area contributed by atoms with Crippen molar-refractivity contribution in [3.63, 3.8) is 0 Å². The first-order valence-electron chi connectivity index (χ1n) is 5.56. The fourth-order valence-corrected chi connectivity index (χ4v) is 2.77.